The van der Waals surface area contributed by atoms with Crippen molar-refractivity contribution >= 4 is 183 Å². The molecule has 0 saturated carbocycles. The maximum atomic E-state index is 13.9. The molecule has 0 bridgehead atoms. The van der Waals surface area contributed by atoms with Crippen LogP contribution in [0, 0.1) is 56.9 Å². The molecule has 1 unspecified atom stereocenters. The van der Waals surface area contributed by atoms with Crippen LogP contribution in [0.5, 0.6) is 11.5 Å². The molecule has 2 saturated heterocycles. The van der Waals surface area contributed by atoms with Gasteiger partial charge in [0.05, 0.1) is 49.8 Å². The van der Waals surface area contributed by atoms with Gasteiger partial charge in [0, 0.05) is 7.14 Å². The van der Waals surface area contributed by atoms with E-state index in [1.54, 1.807) is 0 Å². The Morgan fingerprint density at radius 2 is 0.810 bits per heavy atom. The van der Waals surface area contributed by atoms with Crippen molar-refractivity contribution in [3.8, 4) is 11.5 Å². The minimum Gasteiger partial charge on any atom is -0.480 e. The van der Waals surface area contributed by atoms with Gasteiger partial charge in [0.1, 0.15) is 43.5 Å². The van der Waals surface area contributed by atoms with Crippen LogP contribution in [-0.4, -0.2) is 136 Å². The fourth-order valence-electron chi connectivity index (χ4n) is 6.92. The van der Waals surface area contributed by atoms with E-state index in [0.717, 1.165) is 14.3 Å². The molecule has 9 atom stereocenters. The number of carbonyl (C=O) groups excluding carboxylic acids is 8. The van der Waals surface area contributed by atoms with Crippen LogP contribution in [-0.2, 0) is 90.5 Å². The minimum absolute atomic E-state index is 0.415. The fraction of sp³-hybridized carbons (Fsp3) is 0.615. The van der Waals surface area contributed by atoms with E-state index in [9.17, 15) is 38.4 Å². The molecule has 0 amide bonds. The first-order chi connectivity index (χ1) is 36.8. The van der Waals surface area contributed by atoms with E-state index in [0.29, 0.717) is 18.6 Å². The Labute approximate surface area is 540 Å². The van der Waals surface area contributed by atoms with Gasteiger partial charge in [0.15, 0.2) is 43.7 Å². The molecule has 21 nitrogen and oxygen atoms in total. The Morgan fingerprint density at radius 3 is 1.22 bits per heavy atom. The number of rotatable bonds is 25. The van der Waals surface area contributed by atoms with Crippen LogP contribution >= 0.6 is 136 Å². The smallest absolute Gasteiger partial charge is 0.344 e. The van der Waals surface area contributed by atoms with Gasteiger partial charge >= 0.3 is 47.8 Å². The monoisotopic (exact) mass is 1790 g/mol. The topological polar surface area (TPSA) is 257 Å². The summed E-state index contributed by atoms with van der Waals surface area (Å²) in [5.74, 6) is -13.7. The molecule has 2 aromatic rings. The number of ether oxygens (including phenoxy) is 13. The largest absolute Gasteiger partial charge is 0.480 e. The molecule has 2 heterocycles. The van der Waals surface area contributed by atoms with Gasteiger partial charge in [-0.05, 0) is 160 Å². The van der Waals surface area contributed by atoms with Crippen molar-refractivity contribution in [1.82, 2.24) is 0 Å². The Kier molecular flexibility index (Phi) is 28.0. The number of halogens is 6. The summed E-state index contributed by atoms with van der Waals surface area (Å²) in [6, 6.07) is 7.41. The van der Waals surface area contributed by atoms with Crippen molar-refractivity contribution < 1.29 is 99.9 Å². The summed E-state index contributed by atoms with van der Waals surface area (Å²) in [5.41, 5.74) is 0. The normalized spacial score (nSPS) is 22.9. The maximum absolute atomic E-state index is 13.9. The van der Waals surface area contributed by atoms with Crippen LogP contribution in [0.1, 0.15) is 83.1 Å². The third-order valence-electron chi connectivity index (χ3n) is 11.3. The average Bonchev–Trinajstić information content (AvgIpc) is 3.76. The lowest BCUT2D eigenvalue weighted by atomic mass is 9.97. The van der Waals surface area contributed by atoms with E-state index in [2.05, 4.69) is 136 Å². The molecule has 0 N–H and O–H groups in total. The molecule has 2 aliphatic rings. The van der Waals surface area contributed by atoms with Gasteiger partial charge in [0.2, 0.25) is 12.1 Å². The summed E-state index contributed by atoms with van der Waals surface area (Å²) in [5, 5.41) is 0. The predicted molar refractivity (Wildman–Crippen MR) is 329 cm³/mol. The zero-order valence-corrected chi connectivity index (χ0v) is 58.2. The summed E-state index contributed by atoms with van der Waals surface area (Å²) < 4.78 is 84.1. The molecule has 440 valence electrons. The summed E-state index contributed by atoms with van der Waals surface area (Å²) in [6.07, 6.45) is -14.4. The SMILES string of the molecule is CC(C)C(=O)OC[C@@]1(O[C@H]2O[C@H](COC(=O)COc3c(I)cc(I)cc3I)[C@@H](OC(=O)C(C)C)[C@H](OC(=O)C(C)C)C2OC(=O)C(C)C)O[C@H](COC(=O)COc2c(I)cc(I)cc2I)[C@@H](OC(=O)C(C)C)[C@@H]1OC(=O)C(C)C. The zero-order valence-electron chi connectivity index (χ0n) is 45.3. The second kappa shape index (κ2) is 31.8. The highest BCUT2D eigenvalue weighted by atomic mass is 127. The zero-order chi connectivity index (χ0) is 59.4. The molecule has 79 heavy (non-hydrogen) atoms. The number of esters is 8. The van der Waals surface area contributed by atoms with Crippen molar-refractivity contribution in [3.05, 3.63) is 45.7 Å². The van der Waals surface area contributed by atoms with Crippen LogP contribution in [0.4, 0.5) is 0 Å². The Bertz CT molecular complexity index is 2470. The average molecular weight is 1790 g/mol. The quantitative estimate of drug-likeness (QED) is 0.0511. The van der Waals surface area contributed by atoms with E-state index in [1.165, 1.54) is 83.1 Å². The van der Waals surface area contributed by atoms with Crippen molar-refractivity contribution in [2.45, 2.75) is 138 Å². The van der Waals surface area contributed by atoms with Gasteiger partial charge < -0.3 is 61.6 Å². The number of hydrogen-bond acceptors (Lipinski definition) is 21. The highest BCUT2D eigenvalue weighted by molar-refractivity contribution is 14.1. The molecule has 4 rings (SSSR count). The van der Waals surface area contributed by atoms with E-state index in [1.807, 2.05) is 24.3 Å². The second-order valence-corrected chi connectivity index (χ2v) is 27.1. The van der Waals surface area contributed by atoms with E-state index < -0.39 is 171 Å². The molecule has 0 spiro atoms. The first-order valence-electron chi connectivity index (χ1n) is 24.9. The molecule has 27 heteroatoms. The molecular formula is C52H64I6O21. The lowest BCUT2D eigenvalue weighted by Gasteiger charge is -2.47. The number of hydrogen-bond donors (Lipinski definition) is 0. The van der Waals surface area contributed by atoms with E-state index in [-0.39, 0.29) is 0 Å². The van der Waals surface area contributed by atoms with E-state index in [4.69, 9.17) is 61.6 Å². The third-order valence-corrected chi connectivity index (χ3v) is 15.7. The third kappa shape index (κ3) is 20.1. The highest BCUT2D eigenvalue weighted by Gasteiger charge is 2.65. The summed E-state index contributed by atoms with van der Waals surface area (Å²) >= 11 is 12.6. The van der Waals surface area contributed by atoms with Crippen molar-refractivity contribution in [3.63, 3.8) is 0 Å². The van der Waals surface area contributed by atoms with Gasteiger partial charge in [-0.3, -0.25) is 28.8 Å². The number of benzene rings is 2. The molecule has 0 aliphatic carbocycles. The predicted octanol–water partition coefficient (Wildman–Crippen LogP) is 8.73. The van der Waals surface area contributed by atoms with Gasteiger partial charge in [-0.1, -0.05) is 83.1 Å². The Balaban J connectivity index is 1.94. The summed E-state index contributed by atoms with van der Waals surface area (Å²) in [7, 11) is 0. The van der Waals surface area contributed by atoms with Gasteiger partial charge in [-0.15, -0.1) is 0 Å². The van der Waals surface area contributed by atoms with Crippen LogP contribution in [0.25, 0.3) is 0 Å². The van der Waals surface area contributed by atoms with Crippen LogP contribution in [0.2, 0.25) is 0 Å². The molecule has 2 aromatic carbocycles. The summed E-state index contributed by atoms with van der Waals surface area (Å²) in [4.78, 5) is 110. The van der Waals surface area contributed by atoms with Crippen LogP contribution in [0.15, 0.2) is 24.3 Å². The Hall–Kier alpha value is -1.94. The van der Waals surface area contributed by atoms with Crippen molar-refractivity contribution in [2.24, 2.45) is 35.5 Å². The van der Waals surface area contributed by atoms with Crippen molar-refractivity contribution in [1.29, 1.82) is 0 Å². The van der Waals surface area contributed by atoms with Gasteiger partial charge in [-0.2, -0.15) is 0 Å². The first kappa shape index (κ1) is 69.6. The molecular weight excluding hydrogens is 1720 g/mol. The summed E-state index contributed by atoms with van der Waals surface area (Å²) in [6.45, 7) is 14.7. The standard InChI is InChI=1S/C52H64I6O21/c1-22(2)45(61)71-21-52(44(77-50(66)27(11)12)41(74-47(63)24(5)6)35(78-52)18-68-37(60)20-70-39-32(57)15-29(54)16-33(39)58)79-51-43(76-49(65)26(9)10)42(75-48(64)25(7)8)40(73-46(62)23(3)4)34(72-51)17-67-36(59)19-69-38-30(55)13-28(53)14-31(38)56/h13-16,22-27,34-35,40-44,51H,17-21H2,1-12H3/t34-,35-,40-,41-,42+,43?,44+,51-,52+/m1/s1. The highest BCUT2D eigenvalue weighted by Crippen LogP contribution is 2.43. The lowest BCUT2D eigenvalue weighted by Crippen LogP contribution is -2.66. The van der Waals surface area contributed by atoms with Gasteiger partial charge in [0.25, 0.3) is 0 Å². The molecule has 2 aliphatic heterocycles. The van der Waals surface area contributed by atoms with Crippen LogP contribution < -0.4 is 9.47 Å². The molecule has 0 radical (unpaired) electrons. The second-order valence-electron chi connectivity index (χ2n) is 20.0. The van der Waals surface area contributed by atoms with Crippen LogP contribution in [0.3, 0.4) is 0 Å². The maximum Gasteiger partial charge on any atom is 0.344 e. The van der Waals surface area contributed by atoms with Crippen molar-refractivity contribution in [2.75, 3.05) is 33.0 Å². The Morgan fingerprint density at radius 1 is 0.456 bits per heavy atom. The fourth-order valence-corrected chi connectivity index (χ4v) is 14.7. The minimum atomic E-state index is -2.67. The lowest BCUT2D eigenvalue weighted by molar-refractivity contribution is -0.385. The molecule has 0 aromatic heterocycles. The molecule has 2 fully saturated rings. The van der Waals surface area contributed by atoms with Gasteiger partial charge in [-0.25, -0.2) is 9.59 Å². The number of carbonyl (C=O) groups is 8. The first-order valence-corrected chi connectivity index (χ1v) is 31.4. The van der Waals surface area contributed by atoms with E-state index >= 15 is 0 Å².